The van der Waals surface area contributed by atoms with E-state index in [2.05, 4.69) is 4.74 Å². The summed E-state index contributed by atoms with van der Waals surface area (Å²) in [6.07, 6.45) is -9.81. The van der Waals surface area contributed by atoms with Crippen LogP contribution in [0.2, 0.25) is 0 Å². The topological polar surface area (TPSA) is 9.23 Å². The highest BCUT2D eigenvalue weighted by atomic mass is 19.4. The van der Waals surface area contributed by atoms with Gasteiger partial charge in [-0.15, -0.1) is 13.2 Å². The van der Waals surface area contributed by atoms with Gasteiger partial charge in [-0.3, -0.25) is 0 Å². The molecule has 2 rings (SSSR count). The van der Waals surface area contributed by atoms with Gasteiger partial charge in [-0.2, -0.15) is 13.2 Å². The molecule has 7 heteroatoms. The van der Waals surface area contributed by atoms with Crippen LogP contribution in [0.25, 0.3) is 10.8 Å². The van der Waals surface area contributed by atoms with Crippen LogP contribution in [-0.2, 0) is 6.18 Å². The lowest BCUT2D eigenvalue weighted by molar-refractivity contribution is -0.274. The van der Waals surface area contributed by atoms with Gasteiger partial charge in [0.1, 0.15) is 5.75 Å². The summed E-state index contributed by atoms with van der Waals surface area (Å²) >= 11 is 0. The first-order chi connectivity index (χ1) is 8.68. The number of hydrogen-bond donors (Lipinski definition) is 0. The Labute approximate surface area is 103 Å². The van der Waals surface area contributed by atoms with Crippen LogP contribution >= 0.6 is 0 Å². The molecule has 0 heterocycles. The molecule has 0 radical (unpaired) electrons. The molecule has 0 fully saturated rings. The molecule has 0 N–H and O–H groups in total. The van der Waals surface area contributed by atoms with Crippen LogP contribution in [0.3, 0.4) is 0 Å². The molecule has 0 amide bonds. The Morgan fingerprint density at radius 1 is 0.789 bits per heavy atom. The van der Waals surface area contributed by atoms with E-state index in [-0.39, 0.29) is 5.39 Å². The SMILES string of the molecule is FC(F)(F)Oc1cccc2cccc(C(F)(F)F)c12. The smallest absolute Gasteiger partial charge is 0.405 e. The van der Waals surface area contributed by atoms with Crippen molar-refractivity contribution in [2.75, 3.05) is 0 Å². The van der Waals surface area contributed by atoms with Crippen molar-refractivity contribution in [2.45, 2.75) is 12.5 Å². The molecule has 0 aliphatic carbocycles. The van der Waals surface area contributed by atoms with Crippen molar-refractivity contribution < 1.29 is 31.1 Å². The Kier molecular flexibility index (Phi) is 3.07. The number of fused-ring (bicyclic) bond motifs is 1. The zero-order valence-electron chi connectivity index (χ0n) is 9.14. The standard InChI is InChI=1S/C12H6F6O/c13-11(14,15)8-5-1-3-7-4-2-6-9(10(7)8)19-12(16,17)18/h1-6H. The first-order valence-electron chi connectivity index (χ1n) is 5.03. The highest BCUT2D eigenvalue weighted by molar-refractivity contribution is 5.91. The Morgan fingerprint density at radius 2 is 1.37 bits per heavy atom. The number of halogens is 6. The van der Waals surface area contributed by atoms with E-state index in [9.17, 15) is 26.3 Å². The summed E-state index contributed by atoms with van der Waals surface area (Å²) < 4.78 is 78.6. The average molecular weight is 280 g/mol. The van der Waals surface area contributed by atoms with Gasteiger partial charge in [-0.05, 0) is 17.5 Å². The number of benzene rings is 2. The lowest BCUT2D eigenvalue weighted by Gasteiger charge is -2.15. The second-order valence-corrected chi connectivity index (χ2v) is 3.71. The molecular formula is C12H6F6O. The van der Waals surface area contributed by atoms with Gasteiger partial charge < -0.3 is 4.74 Å². The lowest BCUT2D eigenvalue weighted by atomic mass is 10.0. The van der Waals surface area contributed by atoms with Crippen LogP contribution in [0.15, 0.2) is 36.4 Å². The molecule has 2 aromatic rings. The Balaban J connectivity index is 2.71. The van der Waals surface area contributed by atoms with Crippen molar-refractivity contribution in [3.05, 3.63) is 42.0 Å². The summed E-state index contributed by atoms with van der Waals surface area (Å²) in [4.78, 5) is 0. The van der Waals surface area contributed by atoms with E-state index >= 15 is 0 Å². The number of alkyl halides is 6. The van der Waals surface area contributed by atoms with E-state index in [0.29, 0.717) is 6.07 Å². The minimum Gasteiger partial charge on any atom is -0.405 e. The third kappa shape index (κ3) is 2.91. The molecule has 2 aromatic carbocycles. The molecular weight excluding hydrogens is 274 g/mol. The molecule has 102 valence electrons. The average Bonchev–Trinajstić information content (AvgIpc) is 2.25. The fourth-order valence-corrected chi connectivity index (χ4v) is 1.75. The molecule has 0 saturated carbocycles. The predicted molar refractivity (Wildman–Crippen MR) is 55.6 cm³/mol. The zero-order chi connectivity index (χ0) is 14.3. The summed E-state index contributed by atoms with van der Waals surface area (Å²) in [6.45, 7) is 0. The van der Waals surface area contributed by atoms with Gasteiger partial charge in [-0.25, -0.2) is 0 Å². The molecule has 1 nitrogen and oxygen atoms in total. The first kappa shape index (κ1) is 13.5. The second kappa shape index (κ2) is 4.32. The van der Waals surface area contributed by atoms with Crippen molar-refractivity contribution in [3.63, 3.8) is 0 Å². The molecule has 19 heavy (non-hydrogen) atoms. The Morgan fingerprint density at radius 3 is 1.89 bits per heavy atom. The second-order valence-electron chi connectivity index (χ2n) is 3.71. The predicted octanol–water partition coefficient (Wildman–Crippen LogP) is 4.76. The molecule has 0 aromatic heterocycles. The zero-order valence-corrected chi connectivity index (χ0v) is 9.14. The van der Waals surface area contributed by atoms with Crippen LogP contribution in [-0.4, -0.2) is 6.36 Å². The molecule has 0 unspecified atom stereocenters. The van der Waals surface area contributed by atoms with Gasteiger partial charge in [-0.1, -0.05) is 24.3 Å². The third-order valence-electron chi connectivity index (χ3n) is 2.40. The summed E-state index contributed by atoms with van der Waals surface area (Å²) in [6, 6.07) is 6.46. The van der Waals surface area contributed by atoms with Gasteiger partial charge in [0.05, 0.1) is 5.56 Å². The molecule has 0 aliphatic rings. The number of rotatable bonds is 1. The molecule has 0 atom stereocenters. The Bertz CT molecular complexity index is 594. The number of ether oxygens (including phenoxy) is 1. The molecule has 0 aliphatic heterocycles. The van der Waals surface area contributed by atoms with Gasteiger partial charge in [0.15, 0.2) is 0 Å². The van der Waals surface area contributed by atoms with Crippen LogP contribution < -0.4 is 4.74 Å². The van der Waals surface area contributed by atoms with Crippen LogP contribution in [0.1, 0.15) is 5.56 Å². The summed E-state index contributed by atoms with van der Waals surface area (Å²) in [5.41, 5.74) is -1.16. The van der Waals surface area contributed by atoms with Gasteiger partial charge >= 0.3 is 12.5 Å². The number of hydrogen-bond acceptors (Lipinski definition) is 1. The highest BCUT2D eigenvalue weighted by Crippen LogP contribution is 2.40. The quantitative estimate of drug-likeness (QED) is 0.684. The van der Waals surface area contributed by atoms with E-state index in [1.165, 1.54) is 18.2 Å². The van der Waals surface area contributed by atoms with Gasteiger partial charge in [0, 0.05) is 5.39 Å². The minimum absolute atomic E-state index is 0.0246. The maximum Gasteiger partial charge on any atom is 0.573 e. The van der Waals surface area contributed by atoms with E-state index < -0.39 is 29.2 Å². The fraction of sp³-hybridized carbons (Fsp3) is 0.167. The summed E-state index contributed by atoms with van der Waals surface area (Å²) in [7, 11) is 0. The highest BCUT2D eigenvalue weighted by Gasteiger charge is 2.36. The van der Waals surface area contributed by atoms with Gasteiger partial charge in [0.2, 0.25) is 0 Å². The monoisotopic (exact) mass is 280 g/mol. The van der Waals surface area contributed by atoms with Crippen LogP contribution in [0.5, 0.6) is 5.75 Å². The largest absolute Gasteiger partial charge is 0.573 e. The lowest BCUT2D eigenvalue weighted by Crippen LogP contribution is -2.18. The van der Waals surface area contributed by atoms with E-state index in [1.807, 2.05) is 0 Å². The molecule has 0 spiro atoms. The van der Waals surface area contributed by atoms with Crippen molar-refractivity contribution in [1.29, 1.82) is 0 Å². The van der Waals surface area contributed by atoms with E-state index in [1.54, 1.807) is 0 Å². The first-order valence-corrected chi connectivity index (χ1v) is 5.03. The summed E-state index contributed by atoms with van der Waals surface area (Å²) in [5.74, 6) is -0.863. The van der Waals surface area contributed by atoms with E-state index in [0.717, 1.165) is 12.1 Å². The summed E-state index contributed by atoms with van der Waals surface area (Å²) in [5, 5.41) is -0.577. The van der Waals surface area contributed by atoms with Crippen molar-refractivity contribution in [3.8, 4) is 5.75 Å². The van der Waals surface area contributed by atoms with Crippen LogP contribution in [0, 0.1) is 0 Å². The maximum atomic E-state index is 12.8. The molecule has 0 saturated heterocycles. The van der Waals surface area contributed by atoms with Gasteiger partial charge in [0.25, 0.3) is 0 Å². The molecule has 0 bridgehead atoms. The van der Waals surface area contributed by atoms with E-state index in [4.69, 9.17) is 0 Å². The Hall–Kier alpha value is -1.92. The maximum absolute atomic E-state index is 12.8. The van der Waals surface area contributed by atoms with Crippen molar-refractivity contribution in [1.82, 2.24) is 0 Å². The fourth-order valence-electron chi connectivity index (χ4n) is 1.75. The normalized spacial score (nSPS) is 12.7. The minimum atomic E-state index is -5.05. The van der Waals surface area contributed by atoms with Crippen molar-refractivity contribution >= 4 is 10.8 Å². The van der Waals surface area contributed by atoms with Crippen molar-refractivity contribution in [2.24, 2.45) is 0 Å². The third-order valence-corrected chi connectivity index (χ3v) is 2.40. The van der Waals surface area contributed by atoms with Crippen LogP contribution in [0.4, 0.5) is 26.3 Å².